The molecule has 0 aliphatic carbocycles. The van der Waals surface area contributed by atoms with Gasteiger partial charge in [0.05, 0.1) is 20.8 Å². The highest BCUT2D eigenvalue weighted by Crippen LogP contribution is 2.33. The summed E-state index contributed by atoms with van der Waals surface area (Å²) in [5, 5.41) is 11.5. The van der Waals surface area contributed by atoms with Gasteiger partial charge in [-0.25, -0.2) is 0 Å². The summed E-state index contributed by atoms with van der Waals surface area (Å²) in [7, 11) is 0. The van der Waals surface area contributed by atoms with Gasteiger partial charge in [0, 0.05) is 23.8 Å². The molecule has 20 heavy (non-hydrogen) atoms. The van der Waals surface area contributed by atoms with Gasteiger partial charge in [-0.05, 0) is 18.2 Å². The number of nitrogens with zero attached hydrogens (tertiary/aromatic N) is 1. The lowest BCUT2D eigenvalue weighted by atomic mass is 10.2. The lowest BCUT2D eigenvalue weighted by molar-refractivity contribution is -0.384. The van der Waals surface area contributed by atoms with E-state index in [2.05, 4.69) is 0 Å². The van der Waals surface area contributed by atoms with Crippen LogP contribution in [0.2, 0.25) is 10.0 Å². The van der Waals surface area contributed by atoms with Crippen LogP contribution in [0.25, 0.3) is 0 Å². The summed E-state index contributed by atoms with van der Waals surface area (Å²) in [6, 6.07) is 9.03. The Morgan fingerprint density at radius 1 is 1.10 bits per heavy atom. The zero-order chi connectivity index (χ0) is 14.7. The summed E-state index contributed by atoms with van der Waals surface area (Å²) in [5.74, 6) is 1.00. The first kappa shape index (κ1) is 14.9. The van der Waals surface area contributed by atoms with Crippen LogP contribution in [0.5, 0.6) is 11.5 Å². The van der Waals surface area contributed by atoms with Gasteiger partial charge in [-0.1, -0.05) is 23.2 Å². The van der Waals surface area contributed by atoms with Gasteiger partial charge in [-0.2, -0.15) is 0 Å². The van der Waals surface area contributed by atoms with E-state index in [0.29, 0.717) is 27.1 Å². The molecule has 0 aromatic heterocycles. The molecule has 0 aliphatic heterocycles. The minimum atomic E-state index is -0.487. The maximum atomic E-state index is 10.7. The third kappa shape index (κ3) is 3.33. The molecular weight excluding hydrogens is 325 g/mol. The number of benzene rings is 2. The van der Waals surface area contributed by atoms with E-state index in [1.807, 2.05) is 0 Å². The van der Waals surface area contributed by atoms with Crippen molar-refractivity contribution in [1.82, 2.24) is 0 Å². The Bertz CT molecular complexity index is 661. The minimum absolute atomic E-state index is 0.0397. The highest BCUT2D eigenvalue weighted by molar-refractivity contribution is 6.42. The Hall–Kier alpha value is -1.49. The summed E-state index contributed by atoms with van der Waals surface area (Å²) < 4.78 is 5.62. The van der Waals surface area contributed by atoms with E-state index in [9.17, 15) is 10.1 Å². The standard InChI is InChI=1S/C13H8Cl3NO3/c14-7-8-5-9(17(18)19)1-4-13(8)20-10-2-3-11(15)12(16)6-10/h1-6H,7H2. The molecule has 0 spiro atoms. The van der Waals surface area contributed by atoms with Gasteiger partial charge in [-0.15, -0.1) is 11.6 Å². The van der Waals surface area contributed by atoms with E-state index in [-0.39, 0.29) is 11.6 Å². The van der Waals surface area contributed by atoms with Gasteiger partial charge in [0.2, 0.25) is 0 Å². The molecule has 0 aliphatic rings. The first-order chi connectivity index (χ1) is 9.51. The Morgan fingerprint density at radius 3 is 2.45 bits per heavy atom. The van der Waals surface area contributed by atoms with Crippen molar-refractivity contribution in [1.29, 1.82) is 0 Å². The molecule has 0 N–H and O–H groups in total. The number of non-ortho nitro benzene ring substituents is 1. The second kappa shape index (κ2) is 6.31. The Balaban J connectivity index is 2.32. The number of hydrogen-bond acceptors (Lipinski definition) is 3. The second-order valence-electron chi connectivity index (χ2n) is 3.86. The van der Waals surface area contributed by atoms with Crippen molar-refractivity contribution in [3.8, 4) is 11.5 Å². The van der Waals surface area contributed by atoms with Gasteiger partial charge in [0.25, 0.3) is 5.69 Å². The number of rotatable bonds is 4. The molecular formula is C13H8Cl3NO3. The van der Waals surface area contributed by atoms with Crippen LogP contribution in [-0.2, 0) is 5.88 Å². The second-order valence-corrected chi connectivity index (χ2v) is 4.94. The van der Waals surface area contributed by atoms with Crippen LogP contribution in [0.1, 0.15) is 5.56 Å². The number of nitro benzene ring substituents is 1. The number of hydrogen-bond donors (Lipinski definition) is 0. The average Bonchev–Trinajstić information content (AvgIpc) is 2.43. The maximum Gasteiger partial charge on any atom is 0.270 e. The zero-order valence-electron chi connectivity index (χ0n) is 9.98. The fraction of sp³-hybridized carbons (Fsp3) is 0.0769. The molecule has 104 valence electrons. The topological polar surface area (TPSA) is 52.4 Å². The van der Waals surface area contributed by atoms with E-state index in [0.717, 1.165) is 0 Å². The molecule has 4 nitrogen and oxygen atoms in total. The van der Waals surface area contributed by atoms with Crippen molar-refractivity contribution >= 4 is 40.5 Å². The fourth-order valence-electron chi connectivity index (χ4n) is 1.55. The summed E-state index contributed by atoms with van der Waals surface area (Å²) in [5.41, 5.74) is 0.481. The normalized spacial score (nSPS) is 10.3. The smallest absolute Gasteiger partial charge is 0.270 e. The Morgan fingerprint density at radius 2 is 1.85 bits per heavy atom. The van der Waals surface area contributed by atoms with Crippen molar-refractivity contribution in [2.24, 2.45) is 0 Å². The van der Waals surface area contributed by atoms with Crippen molar-refractivity contribution in [2.75, 3.05) is 0 Å². The predicted molar refractivity (Wildman–Crippen MR) is 79.2 cm³/mol. The first-order valence-electron chi connectivity index (χ1n) is 5.47. The predicted octanol–water partition coefficient (Wildman–Crippen LogP) is 5.43. The third-order valence-electron chi connectivity index (χ3n) is 2.52. The monoisotopic (exact) mass is 331 g/mol. The van der Waals surface area contributed by atoms with Crippen LogP contribution >= 0.6 is 34.8 Å². The molecule has 7 heteroatoms. The molecule has 0 atom stereocenters. The Labute approximate surface area is 130 Å². The SMILES string of the molecule is O=[N+]([O-])c1ccc(Oc2ccc(Cl)c(Cl)c2)c(CCl)c1. The van der Waals surface area contributed by atoms with Crippen molar-refractivity contribution < 1.29 is 9.66 Å². The number of alkyl halides is 1. The van der Waals surface area contributed by atoms with E-state index in [1.54, 1.807) is 18.2 Å². The fourth-order valence-corrected chi connectivity index (χ4v) is 2.05. The third-order valence-corrected chi connectivity index (χ3v) is 3.54. The molecule has 0 unspecified atom stereocenters. The summed E-state index contributed by atoms with van der Waals surface area (Å²) >= 11 is 17.5. The quantitative estimate of drug-likeness (QED) is 0.426. The van der Waals surface area contributed by atoms with Crippen molar-refractivity contribution in [2.45, 2.75) is 5.88 Å². The van der Waals surface area contributed by atoms with Crippen LogP contribution in [0.3, 0.4) is 0 Å². The zero-order valence-corrected chi connectivity index (χ0v) is 12.2. The molecule has 2 aromatic rings. The van der Waals surface area contributed by atoms with Crippen LogP contribution in [0.4, 0.5) is 5.69 Å². The molecule has 2 rings (SSSR count). The maximum absolute atomic E-state index is 10.7. The van der Waals surface area contributed by atoms with Crippen molar-refractivity contribution in [3.05, 3.63) is 62.1 Å². The summed E-state index contributed by atoms with van der Waals surface area (Å²) in [6.07, 6.45) is 0. The molecule has 0 saturated heterocycles. The number of nitro groups is 1. The summed E-state index contributed by atoms with van der Waals surface area (Å²) in [4.78, 5) is 10.2. The molecule has 0 fully saturated rings. The van der Waals surface area contributed by atoms with Gasteiger partial charge in [-0.3, -0.25) is 10.1 Å². The van der Waals surface area contributed by atoms with Gasteiger partial charge in [0.1, 0.15) is 11.5 Å². The lowest BCUT2D eigenvalue weighted by Crippen LogP contribution is -1.93. The van der Waals surface area contributed by atoms with E-state index < -0.39 is 4.92 Å². The lowest BCUT2D eigenvalue weighted by Gasteiger charge is -2.10. The first-order valence-corrected chi connectivity index (χ1v) is 6.76. The molecule has 0 amide bonds. The van der Waals surface area contributed by atoms with Crippen LogP contribution < -0.4 is 4.74 Å². The molecule has 0 radical (unpaired) electrons. The highest BCUT2D eigenvalue weighted by atomic mass is 35.5. The minimum Gasteiger partial charge on any atom is -0.457 e. The van der Waals surface area contributed by atoms with Gasteiger partial charge < -0.3 is 4.74 Å². The van der Waals surface area contributed by atoms with E-state index in [4.69, 9.17) is 39.5 Å². The van der Waals surface area contributed by atoms with Gasteiger partial charge >= 0.3 is 0 Å². The van der Waals surface area contributed by atoms with Crippen molar-refractivity contribution in [3.63, 3.8) is 0 Å². The van der Waals surface area contributed by atoms with E-state index in [1.165, 1.54) is 18.2 Å². The Kier molecular flexibility index (Phi) is 4.70. The summed E-state index contributed by atoms with van der Waals surface area (Å²) in [6.45, 7) is 0. The molecule has 2 aromatic carbocycles. The van der Waals surface area contributed by atoms with Crippen LogP contribution in [0, 0.1) is 10.1 Å². The number of ether oxygens (including phenoxy) is 1. The van der Waals surface area contributed by atoms with E-state index >= 15 is 0 Å². The largest absolute Gasteiger partial charge is 0.457 e. The van der Waals surface area contributed by atoms with Crippen LogP contribution in [-0.4, -0.2) is 4.92 Å². The highest BCUT2D eigenvalue weighted by Gasteiger charge is 2.12. The molecule has 0 bridgehead atoms. The average molecular weight is 333 g/mol. The molecule has 0 heterocycles. The number of halogens is 3. The van der Waals surface area contributed by atoms with Gasteiger partial charge in [0.15, 0.2) is 0 Å². The van der Waals surface area contributed by atoms with Crippen LogP contribution in [0.15, 0.2) is 36.4 Å². The molecule has 0 saturated carbocycles.